The Balaban J connectivity index is 0.00000289. The van der Waals surface area contributed by atoms with Gasteiger partial charge in [0.05, 0.1) is 11.8 Å². The summed E-state index contributed by atoms with van der Waals surface area (Å²) < 4.78 is 2.97. The molecule has 0 aliphatic heterocycles. The third-order valence-corrected chi connectivity index (χ3v) is 5.01. The minimum atomic E-state index is -0.540. The molecule has 0 aromatic carbocycles. The maximum Gasteiger partial charge on any atom is 2.00 e. The predicted molar refractivity (Wildman–Crippen MR) is 114 cm³/mol. The number of rotatable bonds is 4. The number of nitriles is 1. The van der Waals surface area contributed by atoms with Crippen LogP contribution in [-0.2, 0) is 40.6 Å². The predicted octanol–water partition coefficient (Wildman–Crippen LogP) is 3.62. The summed E-state index contributed by atoms with van der Waals surface area (Å²) in [6.45, 7) is 11.4. The summed E-state index contributed by atoms with van der Waals surface area (Å²) in [6.07, 6.45) is 6.08. The molecule has 9 heteroatoms. The molecule has 0 aliphatic rings. The van der Waals surface area contributed by atoms with E-state index >= 15 is 0 Å². The molecule has 0 atom stereocenters. The first-order valence-electron chi connectivity index (χ1n) is 9.49. The third-order valence-electron chi connectivity index (χ3n) is 5.01. The first kappa shape index (κ1) is 23.1. The molecular formula is C23H18N8Pt. The van der Waals surface area contributed by atoms with Crippen LogP contribution in [0.25, 0.3) is 27.4 Å². The summed E-state index contributed by atoms with van der Waals surface area (Å²) in [5.74, 6) is 0.265. The van der Waals surface area contributed by atoms with Gasteiger partial charge in [-0.2, -0.15) is 0 Å². The van der Waals surface area contributed by atoms with Crippen LogP contribution in [-0.4, -0.2) is 29.5 Å². The molecule has 0 fully saturated rings. The van der Waals surface area contributed by atoms with Crippen LogP contribution in [0.4, 0.5) is 5.82 Å². The van der Waals surface area contributed by atoms with E-state index in [1.54, 1.807) is 14.1 Å². The Morgan fingerprint density at radius 1 is 0.938 bits per heavy atom. The number of hydrogen-bond acceptors (Lipinski definition) is 5. The van der Waals surface area contributed by atoms with Crippen LogP contribution >= 0.6 is 0 Å². The van der Waals surface area contributed by atoms with Crippen molar-refractivity contribution in [2.24, 2.45) is 14.1 Å². The molecule has 4 heterocycles. The minimum absolute atomic E-state index is 0. The van der Waals surface area contributed by atoms with E-state index in [0.29, 0.717) is 22.5 Å². The van der Waals surface area contributed by atoms with Gasteiger partial charge < -0.3 is 19.5 Å². The van der Waals surface area contributed by atoms with E-state index in [-0.39, 0.29) is 32.6 Å². The van der Waals surface area contributed by atoms with E-state index in [1.807, 2.05) is 50.2 Å². The number of nitrogens with zero attached hydrogens (tertiary/aromatic N) is 8. The largest absolute Gasteiger partial charge is 2.00 e. The third kappa shape index (κ3) is 4.10. The molecule has 32 heavy (non-hydrogen) atoms. The normalized spacial score (nSPS) is 10.8. The van der Waals surface area contributed by atoms with Crippen LogP contribution in [0.1, 0.15) is 30.9 Å². The van der Waals surface area contributed by atoms with Gasteiger partial charge in [-0.1, -0.05) is 37.0 Å². The van der Waals surface area contributed by atoms with Crippen LogP contribution in [0, 0.1) is 30.3 Å². The molecular weight excluding hydrogens is 583 g/mol. The molecule has 4 aromatic heterocycles. The first-order valence-corrected chi connectivity index (χ1v) is 9.49. The van der Waals surface area contributed by atoms with Crippen LogP contribution in [0.2, 0.25) is 0 Å². The molecule has 160 valence electrons. The molecule has 0 radical (unpaired) electrons. The monoisotopic (exact) mass is 601 g/mol. The van der Waals surface area contributed by atoms with Crippen molar-refractivity contribution in [1.29, 1.82) is 5.26 Å². The fraction of sp³-hybridized carbons (Fsp3) is 0.217. The van der Waals surface area contributed by atoms with E-state index < -0.39 is 5.41 Å². The van der Waals surface area contributed by atoms with Gasteiger partial charge in [-0.15, -0.1) is 5.56 Å². The molecule has 0 amide bonds. The van der Waals surface area contributed by atoms with E-state index in [9.17, 15) is 5.26 Å². The number of hydrogen-bond donors (Lipinski definition) is 0. The molecule has 0 unspecified atom stereocenters. The van der Waals surface area contributed by atoms with Crippen molar-refractivity contribution in [3.8, 4) is 28.6 Å². The van der Waals surface area contributed by atoms with Gasteiger partial charge >= 0.3 is 26.9 Å². The van der Waals surface area contributed by atoms with Crippen molar-refractivity contribution < 1.29 is 21.1 Å². The van der Waals surface area contributed by atoms with Crippen molar-refractivity contribution in [2.75, 3.05) is 0 Å². The molecule has 4 rings (SSSR count). The van der Waals surface area contributed by atoms with Gasteiger partial charge in [0.1, 0.15) is 0 Å². The Morgan fingerprint density at radius 3 is 2.03 bits per heavy atom. The smallest absolute Gasteiger partial charge is 0.342 e. The molecule has 4 aromatic rings. The van der Waals surface area contributed by atoms with Crippen LogP contribution in [0.15, 0.2) is 36.4 Å². The van der Waals surface area contributed by atoms with Crippen molar-refractivity contribution in [3.63, 3.8) is 0 Å². The molecule has 0 saturated heterocycles. The molecule has 0 saturated carbocycles. The quantitative estimate of drug-likeness (QED) is 0.334. The Hall–Kier alpha value is -3.61. The standard InChI is InChI=1S/C23H18N8.Pt/c1-23(2,20-10-6-8-17(26-20)15-13-30(4)28-19(15)12-24)21-11-7-9-18(27-21)16-14-31(5)29-22(16)25-3;/h6-11H,1-2,4-5H3;/q-2;+2. The summed E-state index contributed by atoms with van der Waals surface area (Å²) in [5.41, 5.74) is 3.72. The molecule has 0 spiro atoms. The van der Waals surface area contributed by atoms with E-state index in [0.717, 1.165) is 11.4 Å². The number of aryl methyl sites for hydroxylation is 2. The summed E-state index contributed by atoms with van der Waals surface area (Å²) in [4.78, 5) is 13.1. The van der Waals surface area contributed by atoms with Crippen molar-refractivity contribution >= 4 is 5.82 Å². The van der Waals surface area contributed by atoms with E-state index in [4.69, 9.17) is 16.5 Å². The van der Waals surface area contributed by atoms with Crippen molar-refractivity contribution in [2.45, 2.75) is 19.3 Å². The Bertz CT molecular complexity index is 1260. The van der Waals surface area contributed by atoms with E-state index in [1.165, 1.54) is 9.36 Å². The van der Waals surface area contributed by atoms with Crippen LogP contribution in [0.3, 0.4) is 0 Å². The second-order valence-corrected chi connectivity index (χ2v) is 7.56. The van der Waals surface area contributed by atoms with Crippen LogP contribution < -0.4 is 0 Å². The van der Waals surface area contributed by atoms with Crippen molar-refractivity contribution in [3.05, 3.63) is 77.3 Å². The zero-order valence-corrected chi connectivity index (χ0v) is 20.1. The second-order valence-electron chi connectivity index (χ2n) is 7.56. The minimum Gasteiger partial charge on any atom is -0.342 e. The molecule has 0 aliphatic carbocycles. The average Bonchev–Trinajstić information content (AvgIpc) is 3.35. The summed E-state index contributed by atoms with van der Waals surface area (Å²) >= 11 is 0. The van der Waals surface area contributed by atoms with E-state index in [2.05, 4.69) is 33.5 Å². The van der Waals surface area contributed by atoms with Gasteiger partial charge in [-0.05, 0) is 54.2 Å². The first-order chi connectivity index (χ1) is 14.8. The number of pyridine rings is 2. The zero-order valence-electron chi connectivity index (χ0n) is 17.9. The Labute approximate surface area is 200 Å². The van der Waals surface area contributed by atoms with Gasteiger partial charge in [-0.3, -0.25) is 0 Å². The summed E-state index contributed by atoms with van der Waals surface area (Å²) in [5, 5.41) is 17.6. The fourth-order valence-corrected chi connectivity index (χ4v) is 3.35. The van der Waals surface area contributed by atoms with Gasteiger partial charge in [0.2, 0.25) is 0 Å². The van der Waals surface area contributed by atoms with Gasteiger partial charge in [0.25, 0.3) is 0 Å². The second kappa shape index (κ2) is 8.86. The van der Waals surface area contributed by atoms with Gasteiger partial charge in [0, 0.05) is 30.9 Å². The van der Waals surface area contributed by atoms with Gasteiger partial charge in [0.15, 0.2) is 0 Å². The number of aromatic nitrogens is 6. The fourth-order valence-electron chi connectivity index (χ4n) is 3.35. The topological polar surface area (TPSA) is 89.6 Å². The Kier molecular flexibility index (Phi) is 6.39. The maximum atomic E-state index is 9.37. The maximum absolute atomic E-state index is 9.37. The summed E-state index contributed by atoms with van der Waals surface area (Å²) in [6, 6.07) is 13.4. The molecule has 8 nitrogen and oxygen atoms in total. The summed E-state index contributed by atoms with van der Waals surface area (Å²) in [7, 11) is 3.45. The Morgan fingerprint density at radius 2 is 1.47 bits per heavy atom. The van der Waals surface area contributed by atoms with Crippen LogP contribution in [0.5, 0.6) is 0 Å². The zero-order chi connectivity index (χ0) is 22.2. The SMILES string of the molecule is [C-]#[N+]c1nn(C)[c-]c1-c1cccc(C(C)(C)c2cccc(-c3[c-]n(C)nc3C#N)n2)n1.[Pt+2]. The van der Waals surface area contributed by atoms with Crippen molar-refractivity contribution in [1.82, 2.24) is 29.5 Å². The molecule has 0 N–H and O–H groups in total. The average molecular weight is 602 g/mol. The molecule has 0 bridgehead atoms. The van der Waals surface area contributed by atoms with Gasteiger partial charge in [-0.25, -0.2) is 15.0 Å².